The van der Waals surface area contributed by atoms with Crippen molar-refractivity contribution in [2.75, 3.05) is 19.3 Å². The molecule has 0 aliphatic carbocycles. The van der Waals surface area contributed by atoms with Crippen molar-refractivity contribution in [3.05, 3.63) is 24.0 Å². The van der Waals surface area contributed by atoms with Crippen LogP contribution < -0.4 is 5.32 Å². The second-order valence-corrected chi connectivity index (χ2v) is 7.53. The Labute approximate surface area is 118 Å². The highest BCUT2D eigenvalue weighted by atomic mass is 32.2. The highest BCUT2D eigenvalue weighted by molar-refractivity contribution is 7.91. The van der Waals surface area contributed by atoms with Gasteiger partial charge < -0.3 is 9.88 Å². The van der Waals surface area contributed by atoms with E-state index in [4.69, 9.17) is 0 Å². The van der Waals surface area contributed by atoms with Gasteiger partial charge in [-0.2, -0.15) is 0 Å². The Morgan fingerprint density at radius 1 is 1.45 bits per heavy atom. The van der Waals surface area contributed by atoms with E-state index in [1.54, 1.807) is 12.1 Å². The summed E-state index contributed by atoms with van der Waals surface area (Å²) in [4.78, 5) is 4.92. The van der Waals surface area contributed by atoms with Gasteiger partial charge in [0.1, 0.15) is 11.3 Å². The largest absolute Gasteiger partial charge is 0.331 e. The van der Waals surface area contributed by atoms with Crippen molar-refractivity contribution in [3.63, 3.8) is 0 Å². The van der Waals surface area contributed by atoms with Crippen molar-refractivity contribution in [3.8, 4) is 0 Å². The number of hydrogen-bond donors (Lipinski definition) is 1. The van der Waals surface area contributed by atoms with E-state index >= 15 is 0 Å². The van der Waals surface area contributed by atoms with Crippen LogP contribution in [0.2, 0.25) is 0 Å². The van der Waals surface area contributed by atoms with Gasteiger partial charge in [-0.25, -0.2) is 13.4 Å². The van der Waals surface area contributed by atoms with Crippen molar-refractivity contribution in [2.45, 2.75) is 17.7 Å². The van der Waals surface area contributed by atoms with Gasteiger partial charge in [-0.1, -0.05) is 6.07 Å². The SMILES string of the molecule is Cn1c(CC2CCNC2)nc2c(S(C)(=O)=O)cccc21. The highest BCUT2D eigenvalue weighted by Crippen LogP contribution is 2.25. The minimum Gasteiger partial charge on any atom is -0.331 e. The van der Waals surface area contributed by atoms with Crippen molar-refractivity contribution in [1.82, 2.24) is 14.9 Å². The summed E-state index contributed by atoms with van der Waals surface area (Å²) < 4.78 is 25.7. The summed E-state index contributed by atoms with van der Waals surface area (Å²) >= 11 is 0. The van der Waals surface area contributed by atoms with E-state index in [-0.39, 0.29) is 0 Å². The third-order valence-electron chi connectivity index (χ3n) is 4.00. The van der Waals surface area contributed by atoms with Crippen molar-refractivity contribution < 1.29 is 8.42 Å². The predicted octanol–water partition coefficient (Wildman–Crippen LogP) is 1.13. The average Bonchev–Trinajstić information content (AvgIpc) is 2.98. The number of hydrogen-bond acceptors (Lipinski definition) is 4. The zero-order chi connectivity index (χ0) is 14.3. The van der Waals surface area contributed by atoms with Crippen LogP contribution in [0.15, 0.2) is 23.1 Å². The quantitative estimate of drug-likeness (QED) is 0.921. The maximum atomic E-state index is 11.9. The molecule has 1 saturated heterocycles. The summed E-state index contributed by atoms with van der Waals surface area (Å²) in [5.74, 6) is 1.55. The fourth-order valence-corrected chi connectivity index (χ4v) is 3.69. The summed E-state index contributed by atoms with van der Waals surface area (Å²) in [7, 11) is -1.29. The lowest BCUT2D eigenvalue weighted by Crippen LogP contribution is -2.12. The normalized spacial score (nSPS) is 19.8. The monoisotopic (exact) mass is 293 g/mol. The first kappa shape index (κ1) is 13.6. The summed E-state index contributed by atoms with van der Waals surface area (Å²) in [5.41, 5.74) is 1.48. The summed E-state index contributed by atoms with van der Waals surface area (Å²) in [6.07, 6.45) is 3.28. The van der Waals surface area contributed by atoms with Crippen LogP contribution in [0.25, 0.3) is 11.0 Å². The third-order valence-corrected chi connectivity index (χ3v) is 5.13. The van der Waals surface area contributed by atoms with E-state index in [0.29, 0.717) is 16.3 Å². The third kappa shape index (κ3) is 2.33. The number of benzene rings is 1. The molecule has 0 spiro atoms. The second kappa shape index (κ2) is 4.86. The van der Waals surface area contributed by atoms with Gasteiger partial charge in [-0.05, 0) is 37.6 Å². The molecule has 0 amide bonds. The van der Waals surface area contributed by atoms with Crippen LogP contribution in [0.1, 0.15) is 12.2 Å². The molecule has 0 saturated carbocycles. The lowest BCUT2D eigenvalue weighted by Gasteiger charge is -2.07. The zero-order valence-corrected chi connectivity index (χ0v) is 12.6. The average molecular weight is 293 g/mol. The molecule has 1 aliphatic rings. The number of aryl methyl sites for hydroxylation is 1. The molecule has 1 N–H and O–H groups in total. The molecule has 1 aromatic heterocycles. The molecular formula is C14H19N3O2S. The minimum absolute atomic E-state index is 0.321. The fourth-order valence-electron chi connectivity index (χ4n) is 2.87. The van der Waals surface area contributed by atoms with E-state index in [2.05, 4.69) is 10.3 Å². The fraction of sp³-hybridized carbons (Fsp3) is 0.500. The molecule has 0 radical (unpaired) electrons. The van der Waals surface area contributed by atoms with Crippen LogP contribution in [0.3, 0.4) is 0 Å². The Morgan fingerprint density at radius 3 is 2.90 bits per heavy atom. The van der Waals surface area contributed by atoms with Crippen LogP contribution in [-0.4, -0.2) is 37.3 Å². The van der Waals surface area contributed by atoms with Crippen molar-refractivity contribution in [2.24, 2.45) is 13.0 Å². The minimum atomic E-state index is -3.25. The van der Waals surface area contributed by atoms with Crippen molar-refractivity contribution >= 4 is 20.9 Å². The summed E-state index contributed by atoms with van der Waals surface area (Å²) in [6, 6.07) is 5.33. The predicted molar refractivity (Wildman–Crippen MR) is 78.5 cm³/mol. The number of imidazole rings is 1. The molecule has 108 valence electrons. The van der Waals surface area contributed by atoms with Gasteiger partial charge in [-0.15, -0.1) is 0 Å². The number of nitrogens with one attached hydrogen (secondary N) is 1. The number of nitrogens with zero attached hydrogens (tertiary/aromatic N) is 2. The van der Waals surface area contributed by atoms with E-state index in [1.165, 1.54) is 6.26 Å². The van der Waals surface area contributed by atoms with Gasteiger partial charge in [-0.3, -0.25) is 0 Å². The van der Waals surface area contributed by atoms with Gasteiger partial charge in [0.25, 0.3) is 0 Å². The second-order valence-electron chi connectivity index (χ2n) is 5.55. The van der Waals surface area contributed by atoms with E-state index in [0.717, 1.165) is 37.3 Å². The van der Waals surface area contributed by atoms with Crippen LogP contribution in [-0.2, 0) is 23.3 Å². The van der Waals surface area contributed by atoms with Crippen LogP contribution in [0.5, 0.6) is 0 Å². The molecule has 1 atom stereocenters. The van der Waals surface area contributed by atoms with Gasteiger partial charge in [0.05, 0.1) is 10.4 Å². The molecule has 6 heteroatoms. The van der Waals surface area contributed by atoms with E-state index < -0.39 is 9.84 Å². The Kier molecular flexibility index (Phi) is 3.30. The molecule has 1 aliphatic heterocycles. The van der Waals surface area contributed by atoms with E-state index in [1.807, 2.05) is 17.7 Å². The Morgan fingerprint density at radius 2 is 2.25 bits per heavy atom. The van der Waals surface area contributed by atoms with E-state index in [9.17, 15) is 8.42 Å². The Balaban J connectivity index is 2.09. The van der Waals surface area contributed by atoms with Crippen LogP contribution >= 0.6 is 0 Å². The van der Waals surface area contributed by atoms with Crippen LogP contribution in [0, 0.1) is 5.92 Å². The van der Waals surface area contributed by atoms with Crippen LogP contribution in [0.4, 0.5) is 0 Å². The maximum absolute atomic E-state index is 11.9. The molecular weight excluding hydrogens is 274 g/mol. The number of rotatable bonds is 3. The number of fused-ring (bicyclic) bond motifs is 1. The first-order chi connectivity index (χ1) is 9.47. The van der Waals surface area contributed by atoms with Gasteiger partial charge in [0, 0.05) is 19.7 Å². The number of sulfone groups is 1. The molecule has 2 aromatic rings. The maximum Gasteiger partial charge on any atom is 0.177 e. The molecule has 2 heterocycles. The van der Waals surface area contributed by atoms with Gasteiger partial charge >= 0.3 is 0 Å². The zero-order valence-electron chi connectivity index (χ0n) is 11.8. The van der Waals surface area contributed by atoms with Gasteiger partial charge in [0.2, 0.25) is 0 Å². The first-order valence-electron chi connectivity index (χ1n) is 6.82. The molecule has 0 bridgehead atoms. The molecule has 1 unspecified atom stereocenters. The highest BCUT2D eigenvalue weighted by Gasteiger charge is 2.21. The topological polar surface area (TPSA) is 64.0 Å². The lowest BCUT2D eigenvalue weighted by molar-refractivity contribution is 0.552. The molecule has 20 heavy (non-hydrogen) atoms. The first-order valence-corrected chi connectivity index (χ1v) is 8.71. The van der Waals surface area contributed by atoms with Crippen molar-refractivity contribution in [1.29, 1.82) is 0 Å². The summed E-state index contributed by atoms with van der Waals surface area (Å²) in [6.45, 7) is 2.07. The lowest BCUT2D eigenvalue weighted by atomic mass is 10.0. The number of aromatic nitrogens is 2. The summed E-state index contributed by atoms with van der Waals surface area (Å²) in [5, 5.41) is 3.35. The molecule has 1 aromatic carbocycles. The molecule has 5 nitrogen and oxygen atoms in total. The smallest absolute Gasteiger partial charge is 0.177 e. The Hall–Kier alpha value is -1.40. The number of para-hydroxylation sites is 1. The Bertz CT molecular complexity index is 743. The van der Waals surface area contributed by atoms with Gasteiger partial charge in [0.15, 0.2) is 9.84 Å². The molecule has 3 rings (SSSR count). The standard InChI is InChI=1S/C14H19N3O2S/c1-17-11-4-3-5-12(20(2,18)19)14(11)16-13(17)8-10-6-7-15-9-10/h3-5,10,15H,6-9H2,1-2H3. The molecule has 1 fully saturated rings.